The Bertz CT molecular complexity index is 806. The standard InChI is InChI=1S/C21H23NO2/c1-2-8-18-15-11-6-7-12-16(15)19-20(24-18)17(13-22-21(19)23)14-9-4-3-5-10-14/h2-5,8-10,13,15-16,18H,6-7,11-12H2,1H3,(H,22,23)/b8-2+. The Morgan fingerprint density at radius 3 is 2.75 bits per heavy atom. The highest BCUT2D eigenvalue weighted by molar-refractivity contribution is 5.72. The number of H-pyrrole nitrogens is 1. The molecule has 0 saturated heterocycles. The fraction of sp³-hybridized carbons (Fsp3) is 0.381. The van der Waals surface area contributed by atoms with Crippen LogP contribution in [0.25, 0.3) is 11.1 Å². The Morgan fingerprint density at radius 2 is 1.96 bits per heavy atom. The molecular formula is C21H23NO2. The average Bonchev–Trinajstić information content (AvgIpc) is 2.63. The van der Waals surface area contributed by atoms with E-state index in [1.807, 2.05) is 25.1 Å². The van der Waals surface area contributed by atoms with E-state index < -0.39 is 0 Å². The van der Waals surface area contributed by atoms with Crippen LogP contribution in [0.15, 0.2) is 53.5 Å². The van der Waals surface area contributed by atoms with Crippen LogP contribution in [-0.2, 0) is 0 Å². The van der Waals surface area contributed by atoms with Crippen molar-refractivity contribution in [1.29, 1.82) is 0 Å². The predicted octanol–water partition coefficient (Wildman–Crippen LogP) is 4.65. The van der Waals surface area contributed by atoms with Crippen LogP contribution in [0.4, 0.5) is 0 Å². The Hall–Kier alpha value is -2.29. The second-order valence-corrected chi connectivity index (χ2v) is 6.80. The molecule has 3 atom stereocenters. The average molecular weight is 321 g/mol. The minimum absolute atomic E-state index is 0.0144. The maximum absolute atomic E-state index is 12.6. The molecule has 1 saturated carbocycles. The summed E-state index contributed by atoms with van der Waals surface area (Å²) in [4.78, 5) is 15.6. The Balaban J connectivity index is 1.90. The molecule has 0 spiro atoms. The summed E-state index contributed by atoms with van der Waals surface area (Å²) in [6.07, 6.45) is 10.7. The summed E-state index contributed by atoms with van der Waals surface area (Å²) in [5.74, 6) is 1.50. The van der Waals surface area contributed by atoms with Gasteiger partial charge in [0.25, 0.3) is 5.56 Å². The Morgan fingerprint density at radius 1 is 1.17 bits per heavy atom. The molecule has 3 nitrogen and oxygen atoms in total. The molecule has 124 valence electrons. The lowest BCUT2D eigenvalue weighted by molar-refractivity contribution is 0.102. The van der Waals surface area contributed by atoms with Crippen LogP contribution in [-0.4, -0.2) is 11.1 Å². The fourth-order valence-corrected chi connectivity index (χ4v) is 4.33. The molecule has 1 N–H and O–H groups in total. The zero-order chi connectivity index (χ0) is 16.5. The van der Waals surface area contributed by atoms with E-state index in [9.17, 15) is 4.79 Å². The van der Waals surface area contributed by atoms with E-state index in [4.69, 9.17) is 4.74 Å². The zero-order valence-corrected chi connectivity index (χ0v) is 14.0. The molecule has 1 fully saturated rings. The molecule has 3 unspecified atom stereocenters. The first-order valence-electron chi connectivity index (χ1n) is 8.90. The molecule has 0 bridgehead atoms. The number of hydrogen-bond donors (Lipinski definition) is 1. The van der Waals surface area contributed by atoms with Crippen molar-refractivity contribution in [3.8, 4) is 16.9 Å². The minimum Gasteiger partial charge on any atom is -0.485 e. The Labute approximate surface area is 142 Å². The van der Waals surface area contributed by atoms with Crippen molar-refractivity contribution >= 4 is 0 Å². The summed E-state index contributed by atoms with van der Waals surface area (Å²) in [6.45, 7) is 2.03. The van der Waals surface area contributed by atoms with Gasteiger partial charge in [0.1, 0.15) is 11.9 Å². The molecule has 2 aliphatic rings. The smallest absolute Gasteiger partial charge is 0.255 e. The van der Waals surface area contributed by atoms with E-state index in [-0.39, 0.29) is 11.7 Å². The van der Waals surface area contributed by atoms with Crippen molar-refractivity contribution in [2.45, 2.75) is 44.6 Å². The number of nitrogens with one attached hydrogen (secondary N) is 1. The lowest BCUT2D eigenvalue weighted by atomic mass is 9.71. The molecule has 1 aliphatic heterocycles. The molecule has 24 heavy (non-hydrogen) atoms. The van der Waals surface area contributed by atoms with Crippen molar-refractivity contribution in [3.05, 3.63) is 64.6 Å². The molecule has 4 rings (SSSR count). The lowest BCUT2D eigenvalue weighted by Gasteiger charge is -2.41. The van der Waals surface area contributed by atoms with Crippen LogP contribution in [0.2, 0.25) is 0 Å². The number of allylic oxidation sites excluding steroid dienone is 1. The van der Waals surface area contributed by atoms with Crippen molar-refractivity contribution in [2.24, 2.45) is 5.92 Å². The van der Waals surface area contributed by atoms with E-state index in [0.29, 0.717) is 11.8 Å². The topological polar surface area (TPSA) is 42.1 Å². The monoisotopic (exact) mass is 321 g/mol. The molecule has 1 aliphatic carbocycles. The number of aromatic amines is 1. The van der Waals surface area contributed by atoms with Crippen molar-refractivity contribution < 1.29 is 4.74 Å². The van der Waals surface area contributed by atoms with Gasteiger partial charge in [0, 0.05) is 17.7 Å². The second-order valence-electron chi connectivity index (χ2n) is 6.80. The number of benzene rings is 1. The van der Waals surface area contributed by atoms with E-state index in [1.165, 1.54) is 12.8 Å². The summed E-state index contributed by atoms with van der Waals surface area (Å²) in [5.41, 5.74) is 2.95. The van der Waals surface area contributed by atoms with Crippen LogP contribution < -0.4 is 10.3 Å². The van der Waals surface area contributed by atoms with E-state index in [1.54, 1.807) is 6.20 Å². The third kappa shape index (κ3) is 2.48. The number of fused-ring (bicyclic) bond motifs is 3. The molecule has 1 aromatic carbocycles. The highest BCUT2D eigenvalue weighted by atomic mass is 16.5. The van der Waals surface area contributed by atoms with Gasteiger partial charge < -0.3 is 9.72 Å². The summed E-state index contributed by atoms with van der Waals surface area (Å²) in [5, 5.41) is 0. The molecule has 3 heteroatoms. The maximum Gasteiger partial charge on any atom is 0.255 e. The van der Waals surface area contributed by atoms with Crippen LogP contribution in [0.3, 0.4) is 0 Å². The summed E-state index contributed by atoms with van der Waals surface area (Å²) in [6, 6.07) is 10.2. The van der Waals surface area contributed by atoms with Crippen LogP contribution in [0.5, 0.6) is 5.75 Å². The number of hydrogen-bond acceptors (Lipinski definition) is 2. The third-order valence-corrected chi connectivity index (χ3v) is 5.41. The quantitative estimate of drug-likeness (QED) is 0.818. The predicted molar refractivity (Wildman–Crippen MR) is 96.4 cm³/mol. The van der Waals surface area contributed by atoms with E-state index >= 15 is 0 Å². The van der Waals surface area contributed by atoms with Gasteiger partial charge in [0.15, 0.2) is 0 Å². The summed E-state index contributed by atoms with van der Waals surface area (Å²) < 4.78 is 6.40. The molecule has 0 amide bonds. The molecule has 2 heterocycles. The molecule has 2 aromatic rings. The van der Waals surface area contributed by atoms with Gasteiger partial charge in [-0.3, -0.25) is 4.79 Å². The van der Waals surface area contributed by atoms with Gasteiger partial charge in [-0.1, -0.05) is 49.2 Å². The lowest BCUT2D eigenvalue weighted by Crippen LogP contribution is -2.40. The van der Waals surface area contributed by atoms with Crippen LogP contribution in [0, 0.1) is 5.92 Å². The van der Waals surface area contributed by atoms with E-state index in [2.05, 4.69) is 29.3 Å². The zero-order valence-electron chi connectivity index (χ0n) is 14.0. The molecule has 0 radical (unpaired) electrons. The van der Waals surface area contributed by atoms with Gasteiger partial charge in [-0.25, -0.2) is 0 Å². The van der Waals surface area contributed by atoms with Crippen molar-refractivity contribution in [3.63, 3.8) is 0 Å². The minimum atomic E-state index is 0.0144. The Kier molecular flexibility index (Phi) is 4.01. The first kappa shape index (κ1) is 15.3. The normalized spacial score (nSPS) is 25.8. The van der Waals surface area contributed by atoms with E-state index in [0.717, 1.165) is 35.3 Å². The first-order chi connectivity index (χ1) is 11.8. The molecular weight excluding hydrogens is 298 g/mol. The highest BCUT2D eigenvalue weighted by Crippen LogP contribution is 2.49. The third-order valence-electron chi connectivity index (χ3n) is 5.41. The number of pyridine rings is 1. The van der Waals surface area contributed by atoms with Gasteiger partial charge >= 0.3 is 0 Å². The van der Waals surface area contributed by atoms with Gasteiger partial charge in [-0.15, -0.1) is 0 Å². The summed E-state index contributed by atoms with van der Waals surface area (Å²) >= 11 is 0. The molecule has 1 aromatic heterocycles. The number of aromatic nitrogens is 1. The SMILES string of the molecule is C/C=C/C1Oc2c(-c3ccccc3)c[nH]c(=O)c2C2CCCCC12. The largest absolute Gasteiger partial charge is 0.485 e. The van der Waals surface area contributed by atoms with Crippen LogP contribution >= 0.6 is 0 Å². The number of rotatable bonds is 2. The van der Waals surface area contributed by atoms with Gasteiger partial charge in [-0.2, -0.15) is 0 Å². The number of ether oxygens (including phenoxy) is 1. The maximum atomic E-state index is 12.6. The van der Waals surface area contributed by atoms with Crippen molar-refractivity contribution in [1.82, 2.24) is 4.98 Å². The van der Waals surface area contributed by atoms with Gasteiger partial charge in [0.2, 0.25) is 0 Å². The van der Waals surface area contributed by atoms with Crippen molar-refractivity contribution in [2.75, 3.05) is 0 Å². The summed E-state index contributed by atoms with van der Waals surface area (Å²) in [7, 11) is 0. The highest BCUT2D eigenvalue weighted by Gasteiger charge is 2.41. The first-order valence-corrected chi connectivity index (χ1v) is 8.90. The fourth-order valence-electron chi connectivity index (χ4n) is 4.33. The van der Waals surface area contributed by atoms with Crippen LogP contribution in [0.1, 0.15) is 44.1 Å². The second kappa shape index (κ2) is 6.31. The van der Waals surface area contributed by atoms with Gasteiger partial charge in [0.05, 0.1) is 5.56 Å². The van der Waals surface area contributed by atoms with Gasteiger partial charge in [-0.05, 0) is 37.3 Å².